The standard InChI is InChI=1S/C12H14N4O3/c1-3-19-12(18)11(13-8(2)17)16-10-7-5-4-6-9(10)14-15-16/h4-7,11H,3H2,1-2H3,(H,13,17). The second-order valence-corrected chi connectivity index (χ2v) is 3.88. The van der Waals surface area contributed by atoms with E-state index >= 15 is 0 Å². The summed E-state index contributed by atoms with van der Waals surface area (Å²) >= 11 is 0. The Morgan fingerprint density at radius 2 is 2.16 bits per heavy atom. The van der Waals surface area contributed by atoms with Gasteiger partial charge in [0.1, 0.15) is 5.52 Å². The molecule has 7 heteroatoms. The summed E-state index contributed by atoms with van der Waals surface area (Å²) in [5.74, 6) is -0.925. The molecule has 1 heterocycles. The van der Waals surface area contributed by atoms with Gasteiger partial charge in [0.15, 0.2) is 0 Å². The summed E-state index contributed by atoms with van der Waals surface area (Å²) in [6.45, 7) is 3.25. The van der Waals surface area contributed by atoms with Gasteiger partial charge in [0.2, 0.25) is 12.1 Å². The first-order valence-corrected chi connectivity index (χ1v) is 5.87. The Kier molecular flexibility index (Phi) is 3.74. The van der Waals surface area contributed by atoms with Gasteiger partial charge in [0, 0.05) is 6.92 Å². The number of rotatable bonds is 4. The van der Waals surface area contributed by atoms with Gasteiger partial charge in [0.05, 0.1) is 12.1 Å². The molecule has 2 rings (SSSR count). The fourth-order valence-electron chi connectivity index (χ4n) is 1.71. The quantitative estimate of drug-likeness (QED) is 0.817. The molecule has 1 aromatic heterocycles. The first kappa shape index (κ1) is 13.0. The third-order valence-corrected chi connectivity index (χ3v) is 2.47. The molecule has 0 aliphatic carbocycles. The number of fused-ring (bicyclic) bond motifs is 1. The third-order valence-electron chi connectivity index (χ3n) is 2.47. The number of carbonyl (C=O) groups excluding carboxylic acids is 2. The normalized spacial score (nSPS) is 12.1. The Morgan fingerprint density at radius 3 is 2.84 bits per heavy atom. The maximum absolute atomic E-state index is 11.9. The molecule has 7 nitrogen and oxygen atoms in total. The molecule has 19 heavy (non-hydrogen) atoms. The number of carbonyl (C=O) groups is 2. The lowest BCUT2D eigenvalue weighted by atomic mass is 10.3. The Hall–Kier alpha value is -2.44. The topological polar surface area (TPSA) is 86.1 Å². The van der Waals surface area contributed by atoms with E-state index in [4.69, 9.17) is 4.74 Å². The van der Waals surface area contributed by atoms with Crippen molar-refractivity contribution >= 4 is 22.9 Å². The molecular formula is C12H14N4O3. The van der Waals surface area contributed by atoms with Crippen LogP contribution in [0.1, 0.15) is 20.0 Å². The molecular weight excluding hydrogens is 248 g/mol. The SMILES string of the molecule is CCOC(=O)C(NC(C)=O)n1nnc2ccccc21. The average Bonchev–Trinajstić information content (AvgIpc) is 2.79. The van der Waals surface area contributed by atoms with E-state index in [1.807, 2.05) is 6.07 Å². The van der Waals surface area contributed by atoms with Crippen LogP contribution < -0.4 is 5.32 Å². The number of amides is 1. The average molecular weight is 262 g/mol. The molecule has 100 valence electrons. The van der Waals surface area contributed by atoms with Crippen LogP contribution in [0.2, 0.25) is 0 Å². The first-order chi connectivity index (χ1) is 9.13. The largest absolute Gasteiger partial charge is 0.463 e. The lowest BCUT2D eigenvalue weighted by molar-refractivity contribution is -0.150. The fraction of sp³-hybridized carbons (Fsp3) is 0.333. The van der Waals surface area contributed by atoms with E-state index in [2.05, 4.69) is 15.6 Å². The first-order valence-electron chi connectivity index (χ1n) is 5.87. The molecule has 0 saturated heterocycles. The van der Waals surface area contributed by atoms with E-state index in [0.29, 0.717) is 11.0 Å². The van der Waals surface area contributed by atoms with Gasteiger partial charge in [-0.25, -0.2) is 9.48 Å². The van der Waals surface area contributed by atoms with E-state index < -0.39 is 12.1 Å². The highest BCUT2D eigenvalue weighted by Crippen LogP contribution is 2.15. The van der Waals surface area contributed by atoms with Gasteiger partial charge >= 0.3 is 5.97 Å². The van der Waals surface area contributed by atoms with Crippen molar-refractivity contribution in [1.82, 2.24) is 20.3 Å². The van der Waals surface area contributed by atoms with Crippen molar-refractivity contribution < 1.29 is 14.3 Å². The minimum atomic E-state index is -1.01. The molecule has 0 fully saturated rings. The number of benzene rings is 1. The van der Waals surface area contributed by atoms with Gasteiger partial charge in [-0.1, -0.05) is 17.3 Å². The molecule has 2 aromatic rings. The summed E-state index contributed by atoms with van der Waals surface area (Å²) in [4.78, 5) is 23.1. The molecule has 1 aromatic carbocycles. The lowest BCUT2D eigenvalue weighted by Crippen LogP contribution is -2.38. The number of aromatic nitrogens is 3. The van der Waals surface area contributed by atoms with E-state index in [-0.39, 0.29) is 12.5 Å². The predicted octanol–water partition coefficient (Wildman–Crippen LogP) is 0.629. The van der Waals surface area contributed by atoms with Gasteiger partial charge in [-0.2, -0.15) is 0 Å². The van der Waals surface area contributed by atoms with Crippen LogP contribution in [-0.4, -0.2) is 33.5 Å². The Morgan fingerprint density at radius 1 is 1.42 bits per heavy atom. The van der Waals surface area contributed by atoms with E-state index in [0.717, 1.165) is 0 Å². The summed E-state index contributed by atoms with van der Waals surface area (Å²) in [6.07, 6.45) is -1.01. The highest BCUT2D eigenvalue weighted by molar-refractivity contribution is 5.84. The molecule has 1 amide bonds. The van der Waals surface area contributed by atoms with Crippen molar-refractivity contribution in [3.63, 3.8) is 0 Å². The van der Waals surface area contributed by atoms with Gasteiger partial charge < -0.3 is 10.1 Å². The Bertz CT molecular complexity index is 608. The van der Waals surface area contributed by atoms with Crippen molar-refractivity contribution in [2.75, 3.05) is 6.61 Å². The zero-order valence-electron chi connectivity index (χ0n) is 10.7. The molecule has 1 atom stereocenters. The monoisotopic (exact) mass is 262 g/mol. The highest BCUT2D eigenvalue weighted by Gasteiger charge is 2.25. The summed E-state index contributed by atoms with van der Waals surface area (Å²) in [6, 6.07) is 7.16. The minimum Gasteiger partial charge on any atom is -0.463 e. The van der Waals surface area contributed by atoms with Crippen molar-refractivity contribution in [3.8, 4) is 0 Å². The van der Waals surface area contributed by atoms with Crippen LogP contribution in [-0.2, 0) is 14.3 Å². The molecule has 0 bridgehead atoms. The van der Waals surface area contributed by atoms with Crippen LogP contribution in [0.3, 0.4) is 0 Å². The number of esters is 1. The number of nitrogens with zero attached hydrogens (tertiary/aromatic N) is 3. The zero-order chi connectivity index (χ0) is 13.8. The Labute approximate surface area is 109 Å². The highest BCUT2D eigenvalue weighted by atomic mass is 16.5. The van der Waals surface area contributed by atoms with E-state index in [1.54, 1.807) is 25.1 Å². The second kappa shape index (κ2) is 5.47. The summed E-state index contributed by atoms with van der Waals surface area (Å²) in [5, 5.41) is 10.4. The number of para-hydroxylation sites is 1. The minimum absolute atomic E-state index is 0.224. The van der Waals surface area contributed by atoms with Crippen LogP contribution in [0.15, 0.2) is 24.3 Å². The summed E-state index contributed by atoms with van der Waals surface area (Å²) in [5.41, 5.74) is 1.29. The molecule has 1 unspecified atom stereocenters. The number of hydrogen-bond donors (Lipinski definition) is 1. The van der Waals surface area contributed by atoms with Gasteiger partial charge in [-0.15, -0.1) is 5.10 Å². The third kappa shape index (κ3) is 2.70. The molecule has 0 aliphatic rings. The van der Waals surface area contributed by atoms with Crippen LogP contribution in [0, 0.1) is 0 Å². The summed E-state index contributed by atoms with van der Waals surface area (Å²) in [7, 11) is 0. The van der Waals surface area contributed by atoms with Crippen molar-refractivity contribution in [3.05, 3.63) is 24.3 Å². The fourth-order valence-corrected chi connectivity index (χ4v) is 1.71. The van der Waals surface area contributed by atoms with Crippen LogP contribution in [0.4, 0.5) is 0 Å². The molecule has 0 spiro atoms. The number of ether oxygens (including phenoxy) is 1. The molecule has 0 saturated carbocycles. The Balaban J connectivity index is 2.42. The van der Waals surface area contributed by atoms with E-state index in [9.17, 15) is 9.59 Å². The molecule has 0 aliphatic heterocycles. The zero-order valence-corrected chi connectivity index (χ0v) is 10.7. The van der Waals surface area contributed by atoms with Crippen LogP contribution >= 0.6 is 0 Å². The van der Waals surface area contributed by atoms with E-state index in [1.165, 1.54) is 11.6 Å². The lowest BCUT2D eigenvalue weighted by Gasteiger charge is -2.16. The van der Waals surface area contributed by atoms with Crippen LogP contribution in [0.5, 0.6) is 0 Å². The second-order valence-electron chi connectivity index (χ2n) is 3.88. The van der Waals surface area contributed by atoms with Crippen LogP contribution in [0.25, 0.3) is 11.0 Å². The maximum Gasteiger partial charge on any atom is 0.351 e. The summed E-state index contributed by atoms with van der Waals surface area (Å²) < 4.78 is 6.28. The smallest absolute Gasteiger partial charge is 0.351 e. The number of nitrogens with one attached hydrogen (secondary N) is 1. The van der Waals surface area contributed by atoms with Gasteiger partial charge in [-0.05, 0) is 19.1 Å². The van der Waals surface area contributed by atoms with Crippen molar-refractivity contribution in [1.29, 1.82) is 0 Å². The number of hydrogen-bond acceptors (Lipinski definition) is 5. The van der Waals surface area contributed by atoms with Gasteiger partial charge in [-0.3, -0.25) is 4.79 Å². The molecule has 0 radical (unpaired) electrons. The predicted molar refractivity (Wildman–Crippen MR) is 67.0 cm³/mol. The van der Waals surface area contributed by atoms with Crippen molar-refractivity contribution in [2.24, 2.45) is 0 Å². The van der Waals surface area contributed by atoms with Gasteiger partial charge in [0.25, 0.3) is 0 Å². The van der Waals surface area contributed by atoms with Crippen molar-refractivity contribution in [2.45, 2.75) is 20.0 Å². The molecule has 1 N–H and O–H groups in total. The maximum atomic E-state index is 11.9.